The smallest absolute Gasteiger partial charge is 0.338 e. The molecule has 0 atom stereocenters. The van der Waals surface area contributed by atoms with Gasteiger partial charge in [-0.05, 0) is 61.9 Å². The summed E-state index contributed by atoms with van der Waals surface area (Å²) in [5.41, 5.74) is 2.04. The Morgan fingerprint density at radius 2 is 1.33 bits per heavy atom. The Morgan fingerprint density at radius 3 is 1.81 bits per heavy atom. The average molecular weight is 369 g/mol. The lowest BCUT2D eigenvalue weighted by atomic mass is 10.2. The van der Waals surface area contributed by atoms with Crippen molar-refractivity contribution in [2.24, 2.45) is 0 Å². The van der Waals surface area contributed by atoms with E-state index in [0.29, 0.717) is 35.7 Å². The van der Waals surface area contributed by atoms with Gasteiger partial charge in [0.05, 0.1) is 12.2 Å². The molecule has 3 amide bonds. The lowest BCUT2D eigenvalue weighted by Gasteiger charge is -2.09. The van der Waals surface area contributed by atoms with Crippen LogP contribution in [0.4, 0.5) is 16.2 Å². The molecule has 7 heteroatoms. The van der Waals surface area contributed by atoms with E-state index in [1.165, 1.54) is 0 Å². The monoisotopic (exact) mass is 369 g/mol. The molecule has 0 spiro atoms. The molecule has 0 bridgehead atoms. The summed E-state index contributed by atoms with van der Waals surface area (Å²) in [5, 5.41) is 8.15. The summed E-state index contributed by atoms with van der Waals surface area (Å²) in [6.07, 6.45) is 0.867. The van der Waals surface area contributed by atoms with Gasteiger partial charge in [0.25, 0.3) is 5.91 Å². The van der Waals surface area contributed by atoms with Crippen molar-refractivity contribution in [3.8, 4) is 0 Å². The topological polar surface area (TPSA) is 96.5 Å². The molecule has 3 N–H and O–H groups in total. The fraction of sp³-hybridized carbons (Fsp3) is 0.250. The van der Waals surface area contributed by atoms with Crippen LogP contribution >= 0.6 is 0 Å². The first-order valence-electron chi connectivity index (χ1n) is 8.77. The highest BCUT2D eigenvalue weighted by molar-refractivity contribution is 6.01. The highest BCUT2D eigenvalue weighted by Crippen LogP contribution is 2.13. The van der Waals surface area contributed by atoms with E-state index in [9.17, 15) is 14.4 Å². The molecule has 0 aliphatic heterocycles. The van der Waals surface area contributed by atoms with Crippen molar-refractivity contribution >= 4 is 29.3 Å². The Morgan fingerprint density at radius 1 is 0.815 bits per heavy atom. The highest BCUT2D eigenvalue weighted by atomic mass is 16.5. The molecule has 7 nitrogen and oxygen atoms in total. The summed E-state index contributed by atoms with van der Waals surface area (Å²) in [7, 11) is 0. The molecular formula is C20H23N3O4. The number of amides is 3. The van der Waals surface area contributed by atoms with Crippen molar-refractivity contribution in [2.45, 2.75) is 20.3 Å². The molecule has 0 saturated heterocycles. The van der Waals surface area contributed by atoms with Gasteiger partial charge in [0, 0.05) is 23.5 Å². The quantitative estimate of drug-likeness (QED) is 0.649. The van der Waals surface area contributed by atoms with Gasteiger partial charge < -0.3 is 20.7 Å². The summed E-state index contributed by atoms with van der Waals surface area (Å²) in [4.78, 5) is 35.5. The minimum atomic E-state index is -0.429. The van der Waals surface area contributed by atoms with Crippen molar-refractivity contribution in [3.05, 3.63) is 59.7 Å². The first-order chi connectivity index (χ1) is 13.0. The molecule has 0 radical (unpaired) electrons. The van der Waals surface area contributed by atoms with Gasteiger partial charge in [0.15, 0.2) is 0 Å². The molecule has 0 fully saturated rings. The van der Waals surface area contributed by atoms with Crippen molar-refractivity contribution < 1.29 is 19.1 Å². The van der Waals surface area contributed by atoms with Crippen molar-refractivity contribution in [1.82, 2.24) is 5.32 Å². The van der Waals surface area contributed by atoms with Gasteiger partial charge in [-0.3, -0.25) is 4.79 Å². The number of hydrogen-bond donors (Lipinski definition) is 3. The lowest BCUT2D eigenvalue weighted by Crippen LogP contribution is -2.24. The zero-order valence-electron chi connectivity index (χ0n) is 15.4. The van der Waals surface area contributed by atoms with Crippen molar-refractivity contribution in [1.29, 1.82) is 0 Å². The number of carbonyl (C=O) groups excluding carboxylic acids is 3. The predicted molar refractivity (Wildman–Crippen MR) is 104 cm³/mol. The van der Waals surface area contributed by atoms with Gasteiger partial charge >= 0.3 is 12.0 Å². The van der Waals surface area contributed by atoms with Crippen LogP contribution in [0, 0.1) is 0 Å². The van der Waals surface area contributed by atoms with Gasteiger partial charge in [-0.15, -0.1) is 0 Å². The second-order valence-corrected chi connectivity index (χ2v) is 5.71. The maximum absolute atomic E-state index is 12.1. The zero-order valence-corrected chi connectivity index (χ0v) is 15.4. The van der Waals surface area contributed by atoms with Gasteiger partial charge in [-0.1, -0.05) is 6.92 Å². The number of nitrogens with one attached hydrogen (secondary N) is 3. The number of carbonyl (C=O) groups is 3. The van der Waals surface area contributed by atoms with Crippen LogP contribution in [0.1, 0.15) is 41.0 Å². The first kappa shape index (κ1) is 20.0. The summed E-state index contributed by atoms with van der Waals surface area (Å²) < 4.78 is 4.91. The average Bonchev–Trinajstić information content (AvgIpc) is 2.67. The normalized spacial score (nSPS) is 10.0. The first-order valence-corrected chi connectivity index (χ1v) is 8.77. The molecular weight excluding hydrogens is 346 g/mol. The largest absolute Gasteiger partial charge is 0.462 e. The molecule has 0 unspecified atom stereocenters. The van der Waals surface area contributed by atoms with Crippen molar-refractivity contribution in [3.63, 3.8) is 0 Å². The van der Waals surface area contributed by atoms with Crippen LogP contribution < -0.4 is 16.0 Å². The Hall–Kier alpha value is -3.35. The molecule has 0 aromatic heterocycles. The summed E-state index contributed by atoms with van der Waals surface area (Å²) >= 11 is 0. The van der Waals surface area contributed by atoms with Crippen LogP contribution in [0.25, 0.3) is 0 Å². The maximum Gasteiger partial charge on any atom is 0.338 e. The number of esters is 1. The third-order valence-corrected chi connectivity index (χ3v) is 3.59. The third kappa shape index (κ3) is 6.14. The lowest BCUT2D eigenvalue weighted by molar-refractivity contribution is 0.0526. The van der Waals surface area contributed by atoms with E-state index in [1.54, 1.807) is 55.5 Å². The van der Waals surface area contributed by atoms with Crippen LogP contribution in [0.3, 0.4) is 0 Å². The number of ether oxygens (including phenoxy) is 1. The Balaban J connectivity index is 1.90. The highest BCUT2D eigenvalue weighted by Gasteiger charge is 2.08. The second-order valence-electron chi connectivity index (χ2n) is 5.71. The Bertz CT molecular complexity index is 786. The van der Waals surface area contributed by atoms with Crippen LogP contribution in [-0.4, -0.2) is 31.1 Å². The number of hydrogen-bond acceptors (Lipinski definition) is 4. The van der Waals surface area contributed by atoms with Gasteiger partial charge in [0.1, 0.15) is 0 Å². The number of anilines is 2. The molecule has 27 heavy (non-hydrogen) atoms. The minimum Gasteiger partial charge on any atom is -0.462 e. The summed E-state index contributed by atoms with van der Waals surface area (Å²) in [5.74, 6) is -0.550. The van der Waals surface area contributed by atoms with E-state index in [4.69, 9.17) is 4.74 Å². The van der Waals surface area contributed by atoms with Crippen molar-refractivity contribution in [2.75, 3.05) is 23.8 Å². The predicted octanol–water partition coefficient (Wildman–Crippen LogP) is 3.65. The Kier molecular flexibility index (Phi) is 7.37. The third-order valence-electron chi connectivity index (χ3n) is 3.59. The van der Waals surface area contributed by atoms with Crippen LogP contribution in [-0.2, 0) is 4.74 Å². The standard InChI is InChI=1S/C20H23N3O4/c1-3-13-21-18(24)14-5-9-16(10-6-14)22-20(26)23-17-11-7-15(8-12-17)19(25)27-4-2/h5-12H,3-4,13H2,1-2H3,(H,21,24)(H2,22,23,26). The number of benzene rings is 2. The minimum absolute atomic E-state index is 0.144. The molecule has 2 rings (SSSR count). The SMILES string of the molecule is CCCNC(=O)c1ccc(NC(=O)Nc2ccc(C(=O)OCC)cc2)cc1. The maximum atomic E-state index is 12.1. The van der Waals surface area contributed by atoms with Gasteiger partial charge in [0.2, 0.25) is 0 Å². The molecule has 0 aliphatic carbocycles. The summed E-state index contributed by atoms with van der Waals surface area (Å²) in [6.45, 7) is 4.65. The summed E-state index contributed by atoms with van der Waals surface area (Å²) in [6, 6.07) is 12.6. The van der Waals surface area contributed by atoms with Crippen LogP contribution in [0.15, 0.2) is 48.5 Å². The van der Waals surface area contributed by atoms with E-state index < -0.39 is 12.0 Å². The molecule has 0 heterocycles. The van der Waals surface area contributed by atoms with Gasteiger partial charge in [-0.2, -0.15) is 0 Å². The molecule has 0 saturated carbocycles. The van der Waals surface area contributed by atoms with E-state index in [2.05, 4.69) is 16.0 Å². The van der Waals surface area contributed by atoms with E-state index in [1.807, 2.05) is 6.92 Å². The van der Waals surface area contributed by atoms with Crippen LogP contribution in [0.2, 0.25) is 0 Å². The molecule has 142 valence electrons. The van der Waals surface area contributed by atoms with E-state index in [0.717, 1.165) is 6.42 Å². The Labute approximate surface area is 158 Å². The number of urea groups is 1. The molecule has 2 aromatic rings. The fourth-order valence-corrected chi connectivity index (χ4v) is 2.24. The molecule has 2 aromatic carbocycles. The van der Waals surface area contributed by atoms with Crippen LogP contribution in [0.5, 0.6) is 0 Å². The van der Waals surface area contributed by atoms with Gasteiger partial charge in [-0.25, -0.2) is 9.59 Å². The molecule has 0 aliphatic rings. The fourth-order valence-electron chi connectivity index (χ4n) is 2.24. The van der Waals surface area contributed by atoms with E-state index in [-0.39, 0.29) is 5.91 Å². The number of rotatable bonds is 7. The second kappa shape index (κ2) is 9.96. The van der Waals surface area contributed by atoms with E-state index >= 15 is 0 Å². The zero-order chi connectivity index (χ0) is 19.6.